The van der Waals surface area contributed by atoms with Crippen molar-refractivity contribution in [2.45, 2.75) is 6.92 Å². The van der Waals surface area contributed by atoms with Crippen molar-refractivity contribution in [3.8, 4) is 51.1 Å². The van der Waals surface area contributed by atoms with E-state index in [1.54, 1.807) is 52.5 Å². The number of halogens is 2. The Bertz CT molecular complexity index is 2590. The van der Waals surface area contributed by atoms with E-state index in [0.717, 1.165) is 22.3 Å². The number of primary amides is 1. The third-order valence-electron chi connectivity index (χ3n) is 7.85. The maximum absolute atomic E-state index is 13.6. The molecule has 2 N–H and O–H groups in total. The van der Waals surface area contributed by atoms with E-state index in [4.69, 9.17) is 5.73 Å². The number of aromatic nitrogens is 8. The zero-order valence-electron chi connectivity index (χ0n) is 26.2. The first kappa shape index (κ1) is 31.4. The molecule has 11 nitrogen and oxygen atoms in total. The molecule has 1 amide bonds. The molecule has 0 aliphatic heterocycles. The lowest BCUT2D eigenvalue weighted by molar-refractivity contribution is 0.0994. The number of carbonyl (C=O) groups excluding carboxylic acids is 1. The Balaban J connectivity index is 0.000000157. The molecule has 0 aliphatic carbocycles. The van der Waals surface area contributed by atoms with Gasteiger partial charge in [-0.25, -0.2) is 23.7 Å². The predicted octanol–water partition coefficient (Wildman–Crippen LogP) is 6.47. The fourth-order valence-corrected chi connectivity index (χ4v) is 5.42. The lowest BCUT2D eigenvalue weighted by Crippen LogP contribution is -2.13. The minimum absolute atomic E-state index is 0.294. The number of nitrogens with zero attached hydrogens (tertiary/aromatic N) is 9. The van der Waals surface area contributed by atoms with Gasteiger partial charge in [0.05, 0.1) is 47.1 Å². The number of hydrogen-bond acceptors (Lipinski definition) is 8. The number of pyridine rings is 6. The smallest absolute Gasteiger partial charge is 0.267 e. The number of imidazole rings is 2. The molecule has 50 heavy (non-hydrogen) atoms. The van der Waals surface area contributed by atoms with Gasteiger partial charge in [-0.15, -0.1) is 0 Å². The Morgan fingerprint density at radius 3 is 1.96 bits per heavy atom. The highest BCUT2D eigenvalue weighted by molar-refractivity contribution is 5.92. The highest BCUT2D eigenvalue weighted by Crippen LogP contribution is 2.31. The van der Waals surface area contributed by atoms with Gasteiger partial charge in [0.15, 0.2) is 0 Å². The van der Waals surface area contributed by atoms with E-state index in [2.05, 4.69) is 36.0 Å². The van der Waals surface area contributed by atoms with Crippen LogP contribution in [0.4, 0.5) is 8.78 Å². The number of fused-ring (bicyclic) bond motifs is 2. The second-order valence-corrected chi connectivity index (χ2v) is 11.0. The fourth-order valence-electron chi connectivity index (χ4n) is 5.42. The predicted molar refractivity (Wildman–Crippen MR) is 181 cm³/mol. The molecule has 0 unspecified atom stereocenters. The van der Waals surface area contributed by atoms with E-state index >= 15 is 0 Å². The molecular weight excluding hydrogens is 638 g/mol. The number of carbonyl (C=O) groups is 1. The third-order valence-corrected chi connectivity index (χ3v) is 7.85. The summed E-state index contributed by atoms with van der Waals surface area (Å²) in [6.45, 7) is 1.61. The van der Waals surface area contributed by atoms with Crippen molar-refractivity contribution in [2.75, 3.05) is 0 Å². The number of nitriles is 1. The van der Waals surface area contributed by atoms with Crippen molar-refractivity contribution in [2.24, 2.45) is 5.73 Å². The SMILES string of the molecule is Cc1nc(-c2ncccc2-c2ccc3ncc(C(N)=O)n3c2)ccc1F.N#Cc1cnc2ccc(-c3cccnc3-c3ccc(F)cn3)cn12. The summed E-state index contributed by atoms with van der Waals surface area (Å²) < 4.78 is 30.0. The molecule has 8 heterocycles. The van der Waals surface area contributed by atoms with Crippen molar-refractivity contribution < 1.29 is 13.6 Å². The Morgan fingerprint density at radius 1 is 0.720 bits per heavy atom. The summed E-state index contributed by atoms with van der Waals surface area (Å²) in [6.07, 6.45) is 11.1. The van der Waals surface area contributed by atoms with Crippen LogP contribution in [0.5, 0.6) is 0 Å². The van der Waals surface area contributed by atoms with Crippen LogP contribution in [0, 0.1) is 29.9 Å². The molecule has 0 fully saturated rings. The second-order valence-electron chi connectivity index (χ2n) is 11.0. The first-order valence-corrected chi connectivity index (χ1v) is 15.1. The van der Waals surface area contributed by atoms with Crippen LogP contribution in [0.25, 0.3) is 56.3 Å². The van der Waals surface area contributed by atoms with Crippen molar-refractivity contribution in [1.82, 2.24) is 38.7 Å². The number of aryl methyl sites for hydroxylation is 1. The summed E-state index contributed by atoms with van der Waals surface area (Å²) in [5.41, 5.74) is 13.5. The Morgan fingerprint density at radius 2 is 1.34 bits per heavy atom. The molecule has 0 aliphatic rings. The van der Waals surface area contributed by atoms with Crippen LogP contribution in [0.15, 0.2) is 116 Å². The first-order valence-electron chi connectivity index (χ1n) is 15.1. The van der Waals surface area contributed by atoms with Gasteiger partial charge in [0.25, 0.3) is 5.91 Å². The summed E-state index contributed by atoms with van der Waals surface area (Å²) >= 11 is 0. The average molecular weight is 663 g/mol. The lowest BCUT2D eigenvalue weighted by atomic mass is 10.0. The fraction of sp³-hybridized carbons (Fsp3) is 0.0270. The third kappa shape index (κ3) is 6.00. The van der Waals surface area contributed by atoms with Gasteiger partial charge in [-0.3, -0.25) is 28.5 Å². The van der Waals surface area contributed by atoms with Crippen molar-refractivity contribution in [1.29, 1.82) is 5.26 Å². The highest BCUT2D eigenvalue weighted by atomic mass is 19.1. The average Bonchev–Trinajstić information content (AvgIpc) is 3.77. The maximum atomic E-state index is 13.6. The van der Waals surface area contributed by atoms with Crippen LogP contribution >= 0.6 is 0 Å². The standard InChI is InChI=1S/C19H14FN5O.C18H10FN5/c1-11-14(20)5-6-15(24-11)18-13(3-2-8-22-18)12-4-7-17-23-9-16(19(21)26)25(17)10-12;19-13-4-5-16(22-9-13)18-15(2-1-7-21-18)12-3-6-17-23-10-14(8-20)24(17)11-12/h2-10H,1H3,(H2,21,26);1-7,9-11H. The van der Waals surface area contributed by atoms with Gasteiger partial charge in [-0.2, -0.15) is 5.26 Å². The number of nitrogens with two attached hydrogens (primary N) is 1. The Labute approximate surface area is 283 Å². The minimum atomic E-state index is -0.558. The zero-order chi connectivity index (χ0) is 34.8. The van der Waals surface area contributed by atoms with Gasteiger partial charge >= 0.3 is 0 Å². The normalized spacial score (nSPS) is 10.8. The van der Waals surface area contributed by atoms with Crippen molar-refractivity contribution in [3.63, 3.8) is 0 Å². The van der Waals surface area contributed by atoms with Gasteiger partial charge in [-0.1, -0.05) is 12.1 Å². The van der Waals surface area contributed by atoms with Crippen LogP contribution in [0.3, 0.4) is 0 Å². The van der Waals surface area contributed by atoms with E-state index in [1.165, 1.54) is 30.7 Å². The summed E-state index contributed by atoms with van der Waals surface area (Å²) in [5, 5.41) is 9.18. The van der Waals surface area contributed by atoms with Gasteiger partial charge in [-0.05, 0) is 67.6 Å². The molecule has 0 spiro atoms. The van der Waals surface area contributed by atoms with Crippen LogP contribution in [-0.4, -0.2) is 44.6 Å². The van der Waals surface area contributed by atoms with Crippen LogP contribution in [0.1, 0.15) is 21.9 Å². The molecule has 0 saturated heterocycles. The van der Waals surface area contributed by atoms with Gasteiger partial charge in [0.2, 0.25) is 0 Å². The summed E-state index contributed by atoms with van der Waals surface area (Å²) in [4.78, 5) is 37.2. The molecule has 8 aromatic heterocycles. The number of amides is 1. The number of rotatable bonds is 5. The molecule has 13 heteroatoms. The quantitative estimate of drug-likeness (QED) is 0.220. The van der Waals surface area contributed by atoms with E-state index in [1.807, 2.05) is 48.7 Å². The van der Waals surface area contributed by atoms with E-state index in [0.29, 0.717) is 51.2 Å². The zero-order valence-corrected chi connectivity index (χ0v) is 26.2. The van der Waals surface area contributed by atoms with Crippen molar-refractivity contribution >= 4 is 17.2 Å². The first-order chi connectivity index (χ1) is 24.3. The second kappa shape index (κ2) is 13.1. The van der Waals surface area contributed by atoms with E-state index in [-0.39, 0.29) is 5.82 Å². The summed E-state index contributed by atoms with van der Waals surface area (Å²) in [6, 6.07) is 22.9. The monoisotopic (exact) mass is 662 g/mol. The molecule has 8 rings (SSSR count). The lowest BCUT2D eigenvalue weighted by Gasteiger charge is -2.10. The van der Waals surface area contributed by atoms with Crippen LogP contribution in [-0.2, 0) is 0 Å². The molecule has 0 radical (unpaired) electrons. The van der Waals surface area contributed by atoms with Crippen LogP contribution < -0.4 is 5.73 Å². The van der Waals surface area contributed by atoms with Gasteiger partial charge in [0.1, 0.15) is 40.4 Å². The number of hydrogen-bond donors (Lipinski definition) is 1. The largest absolute Gasteiger partial charge is 0.364 e. The topological polar surface area (TPSA) is 153 Å². The highest BCUT2D eigenvalue weighted by Gasteiger charge is 2.15. The maximum Gasteiger partial charge on any atom is 0.267 e. The molecule has 0 atom stereocenters. The van der Waals surface area contributed by atoms with Gasteiger partial charge in [0, 0.05) is 47.0 Å². The van der Waals surface area contributed by atoms with E-state index < -0.39 is 11.7 Å². The molecule has 242 valence electrons. The van der Waals surface area contributed by atoms with E-state index in [9.17, 15) is 18.8 Å². The van der Waals surface area contributed by atoms with Crippen LogP contribution in [0.2, 0.25) is 0 Å². The molecule has 0 bridgehead atoms. The Hall–Kier alpha value is -7.20. The Kier molecular flexibility index (Phi) is 8.25. The molecule has 0 aromatic carbocycles. The van der Waals surface area contributed by atoms with Crippen molar-refractivity contribution in [3.05, 3.63) is 145 Å². The van der Waals surface area contributed by atoms with Gasteiger partial charge < -0.3 is 5.73 Å². The summed E-state index contributed by atoms with van der Waals surface area (Å²) in [7, 11) is 0. The minimum Gasteiger partial charge on any atom is -0.364 e. The molecular formula is C37H24F2N10O. The molecule has 8 aromatic rings. The summed E-state index contributed by atoms with van der Waals surface area (Å²) in [5.74, 6) is -1.32. The molecule has 0 saturated carbocycles.